The Morgan fingerprint density at radius 1 is 1.36 bits per heavy atom. The highest BCUT2D eigenvalue weighted by atomic mass is 16.6. The van der Waals surface area contributed by atoms with Gasteiger partial charge in [0.25, 0.3) is 0 Å². The maximum absolute atomic E-state index is 11.0. The summed E-state index contributed by atoms with van der Waals surface area (Å²) in [6, 6.07) is 6.13. The Hall–Kier alpha value is -1.71. The van der Waals surface area contributed by atoms with Crippen LogP contribution in [0.1, 0.15) is 6.92 Å². The van der Waals surface area contributed by atoms with Crippen molar-refractivity contribution in [2.75, 3.05) is 7.11 Å². The summed E-state index contributed by atoms with van der Waals surface area (Å²) in [4.78, 5) is 11.0. The zero-order chi connectivity index (χ0) is 10.6. The Bertz CT molecular complexity index is 304. The summed E-state index contributed by atoms with van der Waals surface area (Å²) in [6.07, 6.45) is -0.649. The molecule has 0 aliphatic heterocycles. The molecule has 0 aromatic heterocycles. The van der Waals surface area contributed by atoms with E-state index in [1.165, 1.54) is 19.2 Å². The Morgan fingerprint density at radius 2 is 1.93 bits per heavy atom. The van der Waals surface area contributed by atoms with Crippen molar-refractivity contribution in [3.8, 4) is 11.5 Å². The number of esters is 1. The van der Waals surface area contributed by atoms with Crippen molar-refractivity contribution in [3.63, 3.8) is 0 Å². The average Bonchev–Trinajstić information content (AvgIpc) is 2.20. The van der Waals surface area contributed by atoms with Gasteiger partial charge in [-0.15, -0.1) is 0 Å². The number of methoxy groups -OCH3 is 1. The molecule has 0 amide bonds. The zero-order valence-corrected chi connectivity index (χ0v) is 8.06. The third-order valence-electron chi connectivity index (χ3n) is 1.68. The van der Waals surface area contributed by atoms with Crippen molar-refractivity contribution in [2.24, 2.45) is 0 Å². The smallest absolute Gasteiger partial charge is 0.346 e. The number of rotatable bonds is 3. The first-order valence-corrected chi connectivity index (χ1v) is 4.17. The minimum atomic E-state index is -0.649. The summed E-state index contributed by atoms with van der Waals surface area (Å²) in [5.74, 6) is 0.238. The molecular weight excluding hydrogens is 184 g/mol. The van der Waals surface area contributed by atoms with Crippen LogP contribution in [0.5, 0.6) is 11.5 Å². The van der Waals surface area contributed by atoms with Gasteiger partial charge in [0.05, 0.1) is 7.11 Å². The molecule has 0 radical (unpaired) electrons. The lowest BCUT2D eigenvalue weighted by molar-refractivity contribution is -0.147. The van der Waals surface area contributed by atoms with Crippen molar-refractivity contribution in [1.29, 1.82) is 0 Å². The zero-order valence-electron chi connectivity index (χ0n) is 8.06. The van der Waals surface area contributed by atoms with Gasteiger partial charge in [0.2, 0.25) is 0 Å². The number of hydrogen-bond acceptors (Lipinski definition) is 4. The van der Waals surface area contributed by atoms with Crippen molar-refractivity contribution in [1.82, 2.24) is 0 Å². The van der Waals surface area contributed by atoms with Gasteiger partial charge in [0, 0.05) is 0 Å². The molecule has 1 N–H and O–H groups in total. The number of aromatic hydroxyl groups is 1. The van der Waals surface area contributed by atoms with Crippen molar-refractivity contribution < 1.29 is 19.4 Å². The van der Waals surface area contributed by atoms with Gasteiger partial charge in [-0.2, -0.15) is 0 Å². The lowest BCUT2D eigenvalue weighted by Gasteiger charge is -2.11. The van der Waals surface area contributed by atoms with E-state index in [1.807, 2.05) is 0 Å². The van der Waals surface area contributed by atoms with E-state index in [0.29, 0.717) is 5.75 Å². The quantitative estimate of drug-likeness (QED) is 0.741. The van der Waals surface area contributed by atoms with Gasteiger partial charge in [0.1, 0.15) is 11.5 Å². The van der Waals surface area contributed by atoms with Crippen LogP contribution in [0.3, 0.4) is 0 Å². The second-order valence-corrected chi connectivity index (χ2v) is 2.78. The summed E-state index contributed by atoms with van der Waals surface area (Å²) in [7, 11) is 1.30. The van der Waals surface area contributed by atoms with E-state index in [2.05, 4.69) is 4.74 Å². The molecule has 0 spiro atoms. The van der Waals surface area contributed by atoms with Gasteiger partial charge in [-0.05, 0) is 31.2 Å². The highest BCUT2D eigenvalue weighted by Crippen LogP contribution is 2.17. The lowest BCUT2D eigenvalue weighted by atomic mass is 10.3. The maximum atomic E-state index is 11.0. The molecule has 0 unspecified atom stereocenters. The molecule has 14 heavy (non-hydrogen) atoms. The molecule has 0 saturated carbocycles. The van der Waals surface area contributed by atoms with E-state index in [9.17, 15) is 4.79 Å². The van der Waals surface area contributed by atoms with Crippen molar-refractivity contribution in [2.45, 2.75) is 13.0 Å². The molecule has 0 aliphatic rings. The molecule has 4 heteroatoms. The van der Waals surface area contributed by atoms with Crippen LogP contribution in [0.4, 0.5) is 0 Å². The largest absolute Gasteiger partial charge is 0.508 e. The van der Waals surface area contributed by atoms with Crippen LogP contribution in [0.2, 0.25) is 0 Å². The minimum Gasteiger partial charge on any atom is -0.508 e. The number of phenolic OH excluding ortho intramolecular Hbond substituents is 1. The molecule has 0 aliphatic carbocycles. The van der Waals surface area contributed by atoms with Crippen LogP contribution in [-0.2, 0) is 9.53 Å². The summed E-state index contributed by atoms with van der Waals surface area (Å²) in [5, 5.41) is 9.00. The van der Waals surface area contributed by atoms with Gasteiger partial charge in [-0.25, -0.2) is 4.79 Å². The molecule has 4 nitrogen and oxygen atoms in total. The van der Waals surface area contributed by atoms with Crippen LogP contribution in [0, 0.1) is 0 Å². The first-order chi connectivity index (χ1) is 6.63. The normalized spacial score (nSPS) is 11.9. The second-order valence-electron chi connectivity index (χ2n) is 2.78. The van der Waals surface area contributed by atoms with Crippen LogP contribution in [-0.4, -0.2) is 24.3 Å². The molecule has 0 heterocycles. The fourth-order valence-corrected chi connectivity index (χ4v) is 0.943. The average molecular weight is 196 g/mol. The number of carbonyl (C=O) groups is 1. The van der Waals surface area contributed by atoms with E-state index in [1.54, 1.807) is 19.1 Å². The topological polar surface area (TPSA) is 55.8 Å². The van der Waals surface area contributed by atoms with Gasteiger partial charge in [-0.3, -0.25) is 0 Å². The standard InChI is InChI=1S/C10H12O4/c1-7(10(12)13-2)14-9-5-3-8(11)4-6-9/h3-7,11H,1-2H3/t7-/m1/s1. The lowest BCUT2D eigenvalue weighted by Crippen LogP contribution is -2.24. The van der Waals surface area contributed by atoms with Gasteiger partial charge in [0.15, 0.2) is 6.10 Å². The first kappa shape index (κ1) is 10.4. The van der Waals surface area contributed by atoms with E-state index >= 15 is 0 Å². The highest BCUT2D eigenvalue weighted by molar-refractivity contribution is 5.74. The monoisotopic (exact) mass is 196 g/mol. The third-order valence-corrected chi connectivity index (χ3v) is 1.68. The first-order valence-electron chi connectivity index (χ1n) is 4.17. The number of benzene rings is 1. The van der Waals surface area contributed by atoms with Crippen LogP contribution >= 0.6 is 0 Å². The van der Waals surface area contributed by atoms with Crippen LogP contribution < -0.4 is 4.74 Å². The van der Waals surface area contributed by atoms with E-state index in [0.717, 1.165) is 0 Å². The molecule has 76 valence electrons. The molecule has 1 aromatic rings. The Morgan fingerprint density at radius 3 is 2.43 bits per heavy atom. The SMILES string of the molecule is COC(=O)[C@@H](C)Oc1ccc(O)cc1. The van der Waals surface area contributed by atoms with E-state index in [-0.39, 0.29) is 5.75 Å². The highest BCUT2D eigenvalue weighted by Gasteiger charge is 2.14. The maximum Gasteiger partial charge on any atom is 0.346 e. The molecule has 0 saturated heterocycles. The summed E-state index contributed by atoms with van der Waals surface area (Å²) in [6.45, 7) is 1.60. The van der Waals surface area contributed by atoms with Gasteiger partial charge >= 0.3 is 5.97 Å². The minimum absolute atomic E-state index is 0.156. The van der Waals surface area contributed by atoms with Gasteiger partial charge < -0.3 is 14.6 Å². The predicted octanol–water partition coefficient (Wildman–Crippen LogP) is 1.33. The molecule has 1 rings (SSSR count). The van der Waals surface area contributed by atoms with Crippen molar-refractivity contribution in [3.05, 3.63) is 24.3 Å². The fourth-order valence-electron chi connectivity index (χ4n) is 0.943. The van der Waals surface area contributed by atoms with Crippen LogP contribution in [0.15, 0.2) is 24.3 Å². The Labute approximate surface area is 82.1 Å². The summed E-state index contributed by atoms with van der Waals surface area (Å²) in [5.41, 5.74) is 0. The molecule has 0 fully saturated rings. The molecule has 1 aromatic carbocycles. The number of ether oxygens (including phenoxy) is 2. The predicted molar refractivity (Wildman–Crippen MR) is 50.2 cm³/mol. The number of carbonyl (C=O) groups excluding carboxylic acids is 1. The van der Waals surface area contributed by atoms with Crippen molar-refractivity contribution >= 4 is 5.97 Å². The Balaban J connectivity index is 2.60. The van der Waals surface area contributed by atoms with E-state index in [4.69, 9.17) is 9.84 Å². The molecule has 1 atom stereocenters. The summed E-state index contributed by atoms with van der Waals surface area (Å²) >= 11 is 0. The molecule has 0 bridgehead atoms. The fraction of sp³-hybridized carbons (Fsp3) is 0.300. The van der Waals surface area contributed by atoms with Gasteiger partial charge in [-0.1, -0.05) is 0 Å². The molecular formula is C10H12O4. The van der Waals surface area contributed by atoms with E-state index < -0.39 is 12.1 Å². The van der Waals surface area contributed by atoms with Crippen LogP contribution in [0.25, 0.3) is 0 Å². The number of hydrogen-bond donors (Lipinski definition) is 1. The Kier molecular flexibility index (Phi) is 3.34. The second kappa shape index (κ2) is 4.50. The number of phenols is 1. The summed E-state index contributed by atoms with van der Waals surface area (Å²) < 4.78 is 9.73. The third kappa shape index (κ3) is 2.65.